The predicted octanol–water partition coefficient (Wildman–Crippen LogP) is 2.71. The molecule has 154 valence electrons. The molecule has 0 aliphatic carbocycles. The number of piperidine rings is 3. The summed E-state index contributed by atoms with van der Waals surface area (Å²) in [5, 5.41) is 3.78. The van der Waals surface area contributed by atoms with Gasteiger partial charge in [0.2, 0.25) is 0 Å². The van der Waals surface area contributed by atoms with E-state index in [1.54, 1.807) is 18.5 Å². The molecular formula is C23H24N4O2S. The number of fused-ring (bicyclic) bond motifs is 3. The molecule has 0 spiro atoms. The van der Waals surface area contributed by atoms with Crippen LogP contribution in [0.2, 0.25) is 0 Å². The molecule has 0 radical (unpaired) electrons. The van der Waals surface area contributed by atoms with E-state index in [4.69, 9.17) is 0 Å². The van der Waals surface area contributed by atoms with E-state index < -0.39 is 0 Å². The van der Waals surface area contributed by atoms with E-state index in [1.807, 2.05) is 18.2 Å². The van der Waals surface area contributed by atoms with Crippen LogP contribution in [-0.2, 0) is 6.42 Å². The Morgan fingerprint density at radius 3 is 2.67 bits per heavy atom. The van der Waals surface area contributed by atoms with Crippen molar-refractivity contribution in [2.24, 2.45) is 5.92 Å². The first-order chi connectivity index (χ1) is 14.7. The third kappa shape index (κ3) is 3.95. The Hall–Kier alpha value is -2.77. The Labute approximate surface area is 179 Å². The highest BCUT2D eigenvalue weighted by Gasteiger charge is 2.35. The first-order valence-corrected chi connectivity index (χ1v) is 11.2. The van der Waals surface area contributed by atoms with Gasteiger partial charge in [-0.25, -0.2) is 4.98 Å². The van der Waals surface area contributed by atoms with Crippen molar-refractivity contribution in [3.8, 4) is 5.13 Å². The molecule has 6 rings (SSSR count). The van der Waals surface area contributed by atoms with Crippen molar-refractivity contribution < 1.29 is 4.79 Å². The van der Waals surface area contributed by atoms with Crippen LogP contribution in [0.4, 0.5) is 0 Å². The SMILES string of the molecule is O=C(NC1CN2CCC1CC2)c1ccc(=O)n(-c2ncc(Cc3ccccc3)s2)c1. The van der Waals surface area contributed by atoms with Crippen molar-refractivity contribution in [2.75, 3.05) is 19.6 Å². The van der Waals surface area contributed by atoms with Gasteiger partial charge in [0.05, 0.1) is 5.56 Å². The molecule has 3 fully saturated rings. The second-order valence-corrected chi connectivity index (χ2v) is 9.21. The summed E-state index contributed by atoms with van der Waals surface area (Å²) >= 11 is 1.47. The van der Waals surface area contributed by atoms with Crippen LogP contribution in [0.15, 0.2) is 59.7 Å². The van der Waals surface area contributed by atoms with Gasteiger partial charge in [-0.05, 0) is 43.5 Å². The van der Waals surface area contributed by atoms with Crippen LogP contribution in [0, 0.1) is 5.92 Å². The quantitative estimate of drug-likeness (QED) is 0.689. The average Bonchev–Trinajstić information content (AvgIpc) is 3.24. The van der Waals surface area contributed by atoms with Gasteiger partial charge in [0.1, 0.15) is 0 Å². The van der Waals surface area contributed by atoms with Gasteiger partial charge in [0.25, 0.3) is 11.5 Å². The van der Waals surface area contributed by atoms with Crippen molar-refractivity contribution in [1.82, 2.24) is 19.8 Å². The lowest BCUT2D eigenvalue weighted by Gasteiger charge is -2.44. The fourth-order valence-electron chi connectivity index (χ4n) is 4.44. The number of aromatic nitrogens is 2. The van der Waals surface area contributed by atoms with Gasteiger partial charge in [-0.2, -0.15) is 0 Å². The van der Waals surface area contributed by atoms with Crippen molar-refractivity contribution in [1.29, 1.82) is 0 Å². The lowest BCUT2D eigenvalue weighted by molar-refractivity contribution is 0.0620. The fraction of sp³-hybridized carbons (Fsp3) is 0.348. The van der Waals surface area contributed by atoms with Gasteiger partial charge in [0.15, 0.2) is 5.13 Å². The molecule has 2 aromatic heterocycles. The molecule has 3 aromatic rings. The normalized spacial score (nSPS) is 22.7. The minimum absolute atomic E-state index is 0.122. The number of carbonyl (C=O) groups is 1. The highest BCUT2D eigenvalue weighted by atomic mass is 32.1. The van der Waals surface area contributed by atoms with Gasteiger partial charge in [0, 0.05) is 42.3 Å². The van der Waals surface area contributed by atoms with Crippen molar-refractivity contribution >= 4 is 17.2 Å². The summed E-state index contributed by atoms with van der Waals surface area (Å²) in [6, 6.07) is 13.4. The average molecular weight is 421 g/mol. The van der Waals surface area contributed by atoms with Crippen LogP contribution in [-0.4, -0.2) is 46.0 Å². The molecule has 1 atom stereocenters. The van der Waals surface area contributed by atoms with E-state index >= 15 is 0 Å². The fourth-order valence-corrected chi connectivity index (χ4v) is 5.36. The summed E-state index contributed by atoms with van der Waals surface area (Å²) in [5.41, 5.74) is 1.51. The van der Waals surface area contributed by atoms with Crippen molar-refractivity contribution in [3.63, 3.8) is 0 Å². The first kappa shape index (κ1) is 19.2. The molecule has 6 nitrogen and oxygen atoms in total. The second-order valence-electron chi connectivity index (χ2n) is 8.12. The summed E-state index contributed by atoms with van der Waals surface area (Å²) in [6.45, 7) is 3.19. The van der Waals surface area contributed by atoms with Crippen molar-refractivity contribution in [3.05, 3.63) is 81.2 Å². The smallest absolute Gasteiger partial charge is 0.256 e. The lowest BCUT2D eigenvalue weighted by Crippen LogP contribution is -2.57. The zero-order valence-electron chi connectivity index (χ0n) is 16.7. The number of pyridine rings is 1. The number of carbonyl (C=O) groups excluding carboxylic acids is 1. The standard InChI is InChI=1S/C23H24N4O2S/c28-21-7-6-18(22(29)25-20-15-26-10-8-17(20)9-11-26)14-27(21)23-24-13-19(30-23)12-16-4-2-1-3-5-16/h1-7,13-14,17,20H,8-12,15H2,(H,25,29). The molecule has 1 aromatic carbocycles. The van der Waals surface area contributed by atoms with E-state index in [0.29, 0.717) is 16.6 Å². The minimum Gasteiger partial charge on any atom is -0.348 e. The summed E-state index contributed by atoms with van der Waals surface area (Å²) in [6.07, 6.45) is 6.48. The molecule has 0 saturated carbocycles. The van der Waals surface area contributed by atoms with Gasteiger partial charge in [-0.15, -0.1) is 11.3 Å². The number of hydrogen-bond donors (Lipinski definition) is 1. The molecule has 5 heterocycles. The molecule has 30 heavy (non-hydrogen) atoms. The molecule has 3 aliphatic heterocycles. The Kier molecular flexibility index (Phi) is 5.23. The maximum absolute atomic E-state index is 12.9. The molecule has 3 aliphatic rings. The highest BCUT2D eigenvalue weighted by molar-refractivity contribution is 7.14. The largest absolute Gasteiger partial charge is 0.348 e. The van der Waals surface area contributed by atoms with E-state index in [-0.39, 0.29) is 17.5 Å². The van der Waals surface area contributed by atoms with Crippen molar-refractivity contribution in [2.45, 2.75) is 25.3 Å². The van der Waals surface area contributed by atoms with Crippen LogP contribution in [0.25, 0.3) is 5.13 Å². The van der Waals surface area contributed by atoms with Crippen LogP contribution in [0.3, 0.4) is 0 Å². The Bertz CT molecular complexity index is 1100. The van der Waals surface area contributed by atoms with Gasteiger partial charge >= 0.3 is 0 Å². The number of nitrogens with one attached hydrogen (secondary N) is 1. The molecule has 1 N–H and O–H groups in total. The topological polar surface area (TPSA) is 67.2 Å². The van der Waals surface area contributed by atoms with Gasteiger partial charge in [-0.3, -0.25) is 14.2 Å². The predicted molar refractivity (Wildman–Crippen MR) is 117 cm³/mol. The van der Waals surface area contributed by atoms with Crippen LogP contribution in [0.1, 0.15) is 33.6 Å². The minimum atomic E-state index is -0.185. The van der Waals surface area contributed by atoms with Gasteiger partial charge < -0.3 is 10.2 Å². The third-order valence-corrected chi connectivity index (χ3v) is 7.11. The lowest BCUT2D eigenvalue weighted by atomic mass is 9.84. The number of rotatable bonds is 5. The van der Waals surface area contributed by atoms with Crippen LogP contribution >= 0.6 is 11.3 Å². The summed E-state index contributed by atoms with van der Waals surface area (Å²) in [4.78, 5) is 33.2. The first-order valence-electron chi connectivity index (χ1n) is 10.4. The third-order valence-electron chi connectivity index (χ3n) is 6.11. The summed E-state index contributed by atoms with van der Waals surface area (Å²) in [5.74, 6) is 0.438. The molecule has 1 amide bonds. The van der Waals surface area contributed by atoms with Crippen LogP contribution < -0.4 is 10.9 Å². The summed E-state index contributed by atoms with van der Waals surface area (Å²) < 4.78 is 1.48. The maximum atomic E-state index is 12.9. The second kappa shape index (κ2) is 8.16. The van der Waals surface area contributed by atoms with Crippen LogP contribution in [0.5, 0.6) is 0 Å². The molecule has 2 bridgehead atoms. The maximum Gasteiger partial charge on any atom is 0.256 e. The monoisotopic (exact) mass is 420 g/mol. The number of hydrogen-bond acceptors (Lipinski definition) is 5. The number of nitrogens with zero attached hydrogens (tertiary/aromatic N) is 3. The zero-order valence-corrected chi connectivity index (χ0v) is 17.5. The number of thiazole rings is 1. The van der Waals surface area contributed by atoms with E-state index in [9.17, 15) is 9.59 Å². The molecule has 1 unspecified atom stereocenters. The molecule has 7 heteroatoms. The zero-order chi connectivity index (χ0) is 20.5. The van der Waals surface area contributed by atoms with E-state index in [1.165, 1.54) is 27.5 Å². The van der Waals surface area contributed by atoms with E-state index in [2.05, 4.69) is 27.3 Å². The Morgan fingerprint density at radius 1 is 1.13 bits per heavy atom. The Balaban J connectivity index is 1.34. The number of benzene rings is 1. The molecular weight excluding hydrogens is 396 g/mol. The Morgan fingerprint density at radius 2 is 1.93 bits per heavy atom. The number of amides is 1. The highest BCUT2D eigenvalue weighted by Crippen LogP contribution is 2.27. The van der Waals surface area contributed by atoms with Gasteiger partial charge in [-0.1, -0.05) is 30.3 Å². The summed E-state index contributed by atoms with van der Waals surface area (Å²) in [7, 11) is 0. The molecule has 3 saturated heterocycles. The van der Waals surface area contributed by atoms with E-state index in [0.717, 1.165) is 43.8 Å².